The minimum absolute atomic E-state index is 0.0463. The van der Waals surface area contributed by atoms with E-state index in [4.69, 9.17) is 11.6 Å². The molecule has 0 amide bonds. The molecule has 0 bridgehead atoms. The van der Waals surface area contributed by atoms with Gasteiger partial charge in [0.05, 0.1) is 5.54 Å². The van der Waals surface area contributed by atoms with Gasteiger partial charge in [-0.2, -0.15) is 0 Å². The van der Waals surface area contributed by atoms with Crippen LogP contribution in [-0.2, 0) is 10.3 Å². The molecule has 0 aromatic heterocycles. The number of carbonyl (C=O) groups excluding carboxylic acids is 1. The number of benzene rings is 1. The topological polar surface area (TPSA) is 41.1 Å². The van der Waals surface area contributed by atoms with E-state index in [1.165, 1.54) is 37.7 Å². The van der Waals surface area contributed by atoms with E-state index >= 15 is 0 Å². The van der Waals surface area contributed by atoms with Crippen molar-refractivity contribution >= 4 is 23.6 Å². The van der Waals surface area contributed by atoms with Gasteiger partial charge in [0.1, 0.15) is 6.17 Å². The average Bonchev–Trinajstić information content (AvgIpc) is 3.21. The first-order valence-corrected chi connectivity index (χ1v) is 7.91. The summed E-state index contributed by atoms with van der Waals surface area (Å²) in [6.45, 7) is 0. The molecule has 106 valence electrons. The number of hydrogen-bond donors (Lipinski definition) is 2. The van der Waals surface area contributed by atoms with Gasteiger partial charge in [-0.25, -0.2) is 0 Å². The van der Waals surface area contributed by atoms with Crippen molar-refractivity contribution in [2.24, 2.45) is 11.8 Å². The fraction of sp³-hybridized carbons (Fsp3) is 0.562. The molecule has 4 rings (SSSR count). The van der Waals surface area contributed by atoms with Gasteiger partial charge < -0.3 is 5.32 Å². The molecular formula is C16H19ClN2O. The Bertz CT molecular complexity index is 553. The maximum absolute atomic E-state index is 11.3. The summed E-state index contributed by atoms with van der Waals surface area (Å²) in [6, 6.07) is 6.01. The molecule has 0 saturated heterocycles. The van der Waals surface area contributed by atoms with Crippen LogP contribution >= 0.6 is 11.6 Å². The van der Waals surface area contributed by atoms with E-state index in [2.05, 4.69) is 16.7 Å². The standard InChI is InChI=1S/C16H19ClN2O/c17-12-6-7-14-13(8-12)16(11-4-5-11,10-2-1-3-10)19-15(9-20)18-14/h6-11,15,18-19H,1-5H2. The third-order valence-electron chi connectivity index (χ3n) is 5.24. The first kappa shape index (κ1) is 12.7. The Morgan fingerprint density at radius 1 is 1.20 bits per heavy atom. The van der Waals surface area contributed by atoms with Crippen molar-refractivity contribution in [2.75, 3.05) is 5.32 Å². The number of aldehydes is 1. The molecule has 20 heavy (non-hydrogen) atoms. The van der Waals surface area contributed by atoms with Crippen molar-refractivity contribution < 1.29 is 4.79 Å². The largest absolute Gasteiger partial charge is 0.364 e. The molecule has 3 aliphatic rings. The zero-order valence-electron chi connectivity index (χ0n) is 11.4. The van der Waals surface area contributed by atoms with Crippen LogP contribution in [0.2, 0.25) is 5.02 Å². The van der Waals surface area contributed by atoms with Crippen LogP contribution in [0, 0.1) is 11.8 Å². The highest BCUT2D eigenvalue weighted by molar-refractivity contribution is 6.30. The van der Waals surface area contributed by atoms with Crippen LogP contribution < -0.4 is 10.6 Å². The summed E-state index contributed by atoms with van der Waals surface area (Å²) < 4.78 is 0. The number of fused-ring (bicyclic) bond motifs is 1. The lowest BCUT2D eigenvalue weighted by Crippen LogP contribution is -2.61. The minimum Gasteiger partial charge on any atom is -0.364 e. The van der Waals surface area contributed by atoms with Gasteiger partial charge in [-0.15, -0.1) is 0 Å². The number of rotatable bonds is 3. The van der Waals surface area contributed by atoms with Crippen molar-refractivity contribution in [1.29, 1.82) is 0 Å². The smallest absolute Gasteiger partial charge is 0.157 e. The zero-order chi connectivity index (χ0) is 13.7. The lowest BCUT2D eigenvalue weighted by molar-refractivity contribution is -0.110. The second-order valence-corrected chi connectivity index (χ2v) is 6.80. The molecule has 4 heteroatoms. The number of anilines is 1. The minimum atomic E-state index is -0.287. The molecule has 2 saturated carbocycles. The van der Waals surface area contributed by atoms with Gasteiger partial charge in [0, 0.05) is 10.7 Å². The second-order valence-electron chi connectivity index (χ2n) is 6.36. The van der Waals surface area contributed by atoms with Gasteiger partial charge >= 0.3 is 0 Å². The van der Waals surface area contributed by atoms with Crippen LogP contribution in [-0.4, -0.2) is 12.5 Å². The van der Waals surface area contributed by atoms with Gasteiger partial charge in [-0.3, -0.25) is 10.1 Å². The summed E-state index contributed by atoms with van der Waals surface area (Å²) in [7, 11) is 0. The predicted molar refractivity (Wildman–Crippen MR) is 79.8 cm³/mol. The fourth-order valence-corrected chi connectivity index (χ4v) is 4.17. The average molecular weight is 291 g/mol. The maximum Gasteiger partial charge on any atom is 0.157 e. The lowest BCUT2D eigenvalue weighted by Gasteiger charge is -2.51. The van der Waals surface area contributed by atoms with Crippen LogP contribution in [0.5, 0.6) is 0 Å². The Morgan fingerprint density at radius 3 is 2.55 bits per heavy atom. The highest BCUT2D eigenvalue weighted by Crippen LogP contribution is 2.58. The van der Waals surface area contributed by atoms with Gasteiger partial charge in [0.2, 0.25) is 0 Å². The first-order chi connectivity index (χ1) is 9.74. The predicted octanol–water partition coefficient (Wildman–Crippen LogP) is 3.29. The molecule has 2 atom stereocenters. The van der Waals surface area contributed by atoms with E-state index in [0.717, 1.165) is 17.0 Å². The van der Waals surface area contributed by atoms with Gasteiger partial charge in [-0.05, 0) is 61.3 Å². The van der Waals surface area contributed by atoms with Crippen molar-refractivity contribution in [3.63, 3.8) is 0 Å². The normalized spacial score (nSPS) is 33.0. The SMILES string of the molecule is O=CC1Nc2ccc(Cl)cc2C(C2CCC2)(C2CC2)N1. The number of hydrogen-bond acceptors (Lipinski definition) is 3. The summed E-state index contributed by atoms with van der Waals surface area (Å²) in [5.41, 5.74) is 2.30. The van der Waals surface area contributed by atoms with E-state index < -0.39 is 0 Å². The Balaban J connectivity index is 1.87. The Morgan fingerprint density at radius 2 is 1.95 bits per heavy atom. The summed E-state index contributed by atoms with van der Waals surface area (Å²) in [5.74, 6) is 1.28. The fourth-order valence-electron chi connectivity index (χ4n) is 4.00. The molecule has 1 aliphatic heterocycles. The van der Waals surface area contributed by atoms with Gasteiger partial charge in [0.15, 0.2) is 6.29 Å². The second kappa shape index (κ2) is 4.47. The molecule has 3 nitrogen and oxygen atoms in total. The summed E-state index contributed by atoms with van der Waals surface area (Å²) >= 11 is 6.24. The van der Waals surface area contributed by atoms with E-state index in [1.54, 1.807) is 0 Å². The van der Waals surface area contributed by atoms with Crippen LogP contribution in [0.3, 0.4) is 0 Å². The highest BCUT2D eigenvalue weighted by atomic mass is 35.5. The molecule has 1 aromatic carbocycles. The lowest BCUT2D eigenvalue weighted by atomic mass is 9.64. The molecule has 0 spiro atoms. The van der Waals surface area contributed by atoms with E-state index in [-0.39, 0.29) is 11.7 Å². The number of carbonyl (C=O) groups is 1. The van der Waals surface area contributed by atoms with E-state index in [1.807, 2.05) is 12.1 Å². The van der Waals surface area contributed by atoms with E-state index in [9.17, 15) is 4.79 Å². The van der Waals surface area contributed by atoms with E-state index in [0.29, 0.717) is 11.8 Å². The quantitative estimate of drug-likeness (QED) is 0.840. The molecular weight excluding hydrogens is 272 g/mol. The Kier molecular flexibility index (Phi) is 2.83. The molecule has 2 fully saturated rings. The van der Waals surface area contributed by atoms with Gasteiger partial charge in [-0.1, -0.05) is 18.0 Å². The van der Waals surface area contributed by atoms with Crippen LogP contribution in [0.1, 0.15) is 37.7 Å². The van der Waals surface area contributed by atoms with Gasteiger partial charge in [0.25, 0.3) is 0 Å². The first-order valence-electron chi connectivity index (χ1n) is 7.53. The molecule has 2 N–H and O–H groups in total. The summed E-state index contributed by atoms with van der Waals surface area (Å²) in [5, 5.41) is 7.68. The highest BCUT2D eigenvalue weighted by Gasteiger charge is 2.56. The summed E-state index contributed by atoms with van der Waals surface area (Å²) in [4.78, 5) is 11.3. The monoisotopic (exact) mass is 290 g/mol. The zero-order valence-corrected chi connectivity index (χ0v) is 12.1. The Hall–Kier alpha value is -1.06. The molecule has 0 radical (unpaired) electrons. The van der Waals surface area contributed by atoms with Crippen molar-refractivity contribution in [2.45, 2.75) is 43.8 Å². The summed E-state index contributed by atoms with van der Waals surface area (Å²) in [6.07, 6.45) is 7.00. The molecule has 2 aliphatic carbocycles. The van der Waals surface area contributed by atoms with Crippen LogP contribution in [0.4, 0.5) is 5.69 Å². The third-order valence-corrected chi connectivity index (χ3v) is 5.47. The Labute approximate surface area is 124 Å². The van der Waals surface area contributed by atoms with Crippen molar-refractivity contribution in [3.8, 4) is 0 Å². The molecule has 2 unspecified atom stereocenters. The number of halogens is 1. The third kappa shape index (κ3) is 1.73. The number of nitrogens with one attached hydrogen (secondary N) is 2. The van der Waals surface area contributed by atoms with Crippen molar-refractivity contribution in [3.05, 3.63) is 28.8 Å². The molecule has 1 aromatic rings. The molecule has 1 heterocycles. The maximum atomic E-state index is 11.3. The van der Waals surface area contributed by atoms with Crippen molar-refractivity contribution in [1.82, 2.24) is 5.32 Å². The van der Waals surface area contributed by atoms with Crippen LogP contribution in [0.25, 0.3) is 0 Å². The van der Waals surface area contributed by atoms with Crippen LogP contribution in [0.15, 0.2) is 18.2 Å².